The van der Waals surface area contributed by atoms with E-state index in [0.717, 1.165) is 12.6 Å². The molecule has 0 aliphatic carbocycles. The highest BCUT2D eigenvalue weighted by molar-refractivity contribution is 5.51. The molecule has 0 aromatic rings. The number of aldehydes is 2. The van der Waals surface area contributed by atoms with E-state index in [4.69, 9.17) is 9.57 Å². The van der Waals surface area contributed by atoms with Gasteiger partial charge in [0.15, 0.2) is 0 Å². The molecule has 16 heavy (non-hydrogen) atoms. The van der Waals surface area contributed by atoms with Gasteiger partial charge in [-0.3, -0.25) is 4.84 Å². The Bertz CT molecular complexity index is 206. The smallest absolute Gasteiger partial charge is 0.136 e. The number of hydrogen-bond acceptors (Lipinski definition) is 5. The van der Waals surface area contributed by atoms with Crippen molar-refractivity contribution in [3.8, 4) is 0 Å². The topological polar surface area (TPSA) is 55.8 Å². The van der Waals surface area contributed by atoms with Gasteiger partial charge >= 0.3 is 0 Å². The average Bonchev–Trinajstić information content (AvgIpc) is 2.18. The standard InChI is InChI=1S/C11H21NO4/c1-11(2,15-9-4-7-13)5-10-16-12(3)6-8-14/h7-8H,4-6,9-10H2,1-3H3. The highest BCUT2D eigenvalue weighted by Gasteiger charge is 2.18. The summed E-state index contributed by atoms with van der Waals surface area (Å²) in [4.78, 5) is 25.6. The fourth-order valence-electron chi connectivity index (χ4n) is 1.06. The lowest BCUT2D eigenvalue weighted by molar-refractivity contribution is -0.157. The van der Waals surface area contributed by atoms with Gasteiger partial charge in [-0.15, -0.1) is 0 Å². The Hall–Kier alpha value is -0.780. The third-order valence-corrected chi connectivity index (χ3v) is 2.08. The average molecular weight is 231 g/mol. The maximum absolute atomic E-state index is 10.2. The molecule has 0 N–H and O–H groups in total. The predicted octanol–water partition coefficient (Wildman–Crippen LogP) is 0.823. The second-order valence-electron chi connectivity index (χ2n) is 4.12. The molecule has 0 aromatic heterocycles. The third kappa shape index (κ3) is 8.52. The van der Waals surface area contributed by atoms with Gasteiger partial charge in [-0.2, -0.15) is 5.06 Å². The molecule has 5 heteroatoms. The van der Waals surface area contributed by atoms with Crippen LogP contribution in [0.4, 0.5) is 0 Å². The van der Waals surface area contributed by atoms with E-state index in [1.807, 2.05) is 13.8 Å². The van der Waals surface area contributed by atoms with Crippen molar-refractivity contribution in [2.75, 3.05) is 26.8 Å². The molecule has 0 saturated heterocycles. The molecule has 0 unspecified atom stereocenters. The van der Waals surface area contributed by atoms with Crippen LogP contribution >= 0.6 is 0 Å². The summed E-state index contributed by atoms with van der Waals surface area (Å²) in [6.07, 6.45) is 2.74. The fourth-order valence-corrected chi connectivity index (χ4v) is 1.06. The Balaban J connectivity index is 3.63. The molecular weight excluding hydrogens is 210 g/mol. The lowest BCUT2D eigenvalue weighted by Crippen LogP contribution is -2.29. The zero-order valence-electron chi connectivity index (χ0n) is 10.3. The van der Waals surface area contributed by atoms with Crippen molar-refractivity contribution in [3.05, 3.63) is 0 Å². The number of likely N-dealkylation sites (N-methyl/N-ethyl adjacent to an activating group) is 1. The summed E-state index contributed by atoms with van der Waals surface area (Å²) in [5.41, 5.74) is -0.314. The van der Waals surface area contributed by atoms with Gasteiger partial charge in [0.2, 0.25) is 0 Å². The van der Waals surface area contributed by atoms with E-state index in [1.54, 1.807) is 7.05 Å². The first-order chi connectivity index (χ1) is 7.52. The van der Waals surface area contributed by atoms with E-state index in [-0.39, 0.29) is 12.1 Å². The fraction of sp³-hybridized carbons (Fsp3) is 0.818. The quantitative estimate of drug-likeness (QED) is 0.316. The van der Waals surface area contributed by atoms with E-state index in [0.29, 0.717) is 26.1 Å². The van der Waals surface area contributed by atoms with Gasteiger partial charge in [0.05, 0.1) is 25.4 Å². The number of carbonyl (C=O) groups is 2. The Morgan fingerprint density at radius 1 is 1.19 bits per heavy atom. The van der Waals surface area contributed by atoms with E-state index in [1.165, 1.54) is 5.06 Å². The lowest BCUT2D eigenvalue weighted by atomic mass is 10.1. The van der Waals surface area contributed by atoms with Crippen LogP contribution in [0.1, 0.15) is 26.7 Å². The third-order valence-electron chi connectivity index (χ3n) is 2.08. The first kappa shape index (κ1) is 15.2. The van der Waals surface area contributed by atoms with Crippen LogP contribution in [0.2, 0.25) is 0 Å². The minimum Gasteiger partial charge on any atom is -0.375 e. The molecule has 0 aliphatic rings. The normalized spacial score (nSPS) is 11.8. The number of nitrogens with zero attached hydrogens (tertiary/aromatic N) is 1. The Morgan fingerprint density at radius 3 is 2.44 bits per heavy atom. The molecule has 0 spiro atoms. The monoisotopic (exact) mass is 231 g/mol. The van der Waals surface area contributed by atoms with Crippen LogP contribution in [-0.2, 0) is 19.2 Å². The molecule has 0 amide bonds. The predicted molar refractivity (Wildman–Crippen MR) is 60.0 cm³/mol. The summed E-state index contributed by atoms with van der Waals surface area (Å²) in [6, 6.07) is 0. The summed E-state index contributed by atoms with van der Waals surface area (Å²) in [7, 11) is 1.70. The van der Waals surface area contributed by atoms with Crippen molar-refractivity contribution < 1.29 is 19.2 Å². The minimum atomic E-state index is -0.314. The summed E-state index contributed by atoms with van der Waals surface area (Å²) < 4.78 is 5.51. The maximum Gasteiger partial charge on any atom is 0.136 e. The second kappa shape index (κ2) is 8.38. The number of hydroxylamine groups is 2. The zero-order valence-corrected chi connectivity index (χ0v) is 10.3. The zero-order chi connectivity index (χ0) is 12.4. The van der Waals surface area contributed by atoms with Gasteiger partial charge < -0.3 is 14.3 Å². The first-order valence-electron chi connectivity index (χ1n) is 5.37. The Labute approximate surface area is 96.7 Å². The molecule has 5 nitrogen and oxygen atoms in total. The molecule has 0 radical (unpaired) electrons. The molecular formula is C11H21NO4. The van der Waals surface area contributed by atoms with Gasteiger partial charge in [0, 0.05) is 19.9 Å². The van der Waals surface area contributed by atoms with Gasteiger partial charge in [-0.25, -0.2) is 0 Å². The van der Waals surface area contributed by atoms with Gasteiger partial charge in [0.25, 0.3) is 0 Å². The van der Waals surface area contributed by atoms with Crippen LogP contribution < -0.4 is 0 Å². The lowest BCUT2D eigenvalue weighted by Gasteiger charge is -2.25. The number of rotatable bonds is 10. The number of carbonyl (C=O) groups excluding carboxylic acids is 2. The van der Waals surface area contributed by atoms with Crippen LogP contribution in [0.5, 0.6) is 0 Å². The summed E-state index contributed by atoms with van der Waals surface area (Å²) >= 11 is 0. The van der Waals surface area contributed by atoms with Crippen molar-refractivity contribution in [1.29, 1.82) is 0 Å². The molecule has 0 atom stereocenters. The van der Waals surface area contributed by atoms with Gasteiger partial charge in [0.1, 0.15) is 12.6 Å². The van der Waals surface area contributed by atoms with Crippen molar-refractivity contribution >= 4 is 12.6 Å². The Morgan fingerprint density at radius 2 is 1.88 bits per heavy atom. The van der Waals surface area contributed by atoms with Gasteiger partial charge in [-0.05, 0) is 13.8 Å². The first-order valence-corrected chi connectivity index (χ1v) is 5.37. The highest BCUT2D eigenvalue weighted by Crippen LogP contribution is 2.14. The molecule has 0 rings (SSSR count). The van der Waals surface area contributed by atoms with Crippen LogP contribution in [0.25, 0.3) is 0 Å². The van der Waals surface area contributed by atoms with Crippen molar-refractivity contribution in [2.45, 2.75) is 32.3 Å². The second-order valence-corrected chi connectivity index (χ2v) is 4.12. The van der Waals surface area contributed by atoms with Crippen LogP contribution in [0, 0.1) is 0 Å². The highest BCUT2D eigenvalue weighted by atomic mass is 16.7. The van der Waals surface area contributed by atoms with Crippen molar-refractivity contribution in [1.82, 2.24) is 5.06 Å². The summed E-state index contributed by atoms with van der Waals surface area (Å²) in [5, 5.41) is 1.48. The van der Waals surface area contributed by atoms with Crippen LogP contribution in [-0.4, -0.2) is 50.0 Å². The van der Waals surface area contributed by atoms with Crippen LogP contribution in [0.15, 0.2) is 0 Å². The van der Waals surface area contributed by atoms with Crippen molar-refractivity contribution in [2.24, 2.45) is 0 Å². The maximum atomic E-state index is 10.2. The molecule has 0 heterocycles. The number of ether oxygens (including phenoxy) is 1. The van der Waals surface area contributed by atoms with E-state index < -0.39 is 0 Å². The van der Waals surface area contributed by atoms with E-state index in [2.05, 4.69) is 0 Å². The Kier molecular flexibility index (Phi) is 7.97. The molecule has 94 valence electrons. The molecule has 0 saturated carbocycles. The number of hydrogen-bond donors (Lipinski definition) is 0. The molecule has 0 fully saturated rings. The van der Waals surface area contributed by atoms with Gasteiger partial charge in [-0.1, -0.05) is 0 Å². The van der Waals surface area contributed by atoms with Crippen LogP contribution in [0.3, 0.4) is 0 Å². The van der Waals surface area contributed by atoms with E-state index in [9.17, 15) is 9.59 Å². The largest absolute Gasteiger partial charge is 0.375 e. The molecule has 0 aliphatic heterocycles. The molecule has 0 aromatic carbocycles. The van der Waals surface area contributed by atoms with Crippen molar-refractivity contribution in [3.63, 3.8) is 0 Å². The summed E-state index contributed by atoms with van der Waals surface area (Å²) in [6.45, 7) is 5.06. The molecule has 0 bridgehead atoms. The SMILES string of the molecule is CN(CC=O)OCCC(C)(C)OCCC=O. The minimum absolute atomic E-state index is 0.256. The van der Waals surface area contributed by atoms with E-state index >= 15 is 0 Å². The summed E-state index contributed by atoms with van der Waals surface area (Å²) in [5.74, 6) is 0.